The van der Waals surface area contributed by atoms with Crippen LogP contribution in [0.15, 0.2) is 36.0 Å². The summed E-state index contributed by atoms with van der Waals surface area (Å²) < 4.78 is 5.93. The van der Waals surface area contributed by atoms with Gasteiger partial charge in [-0.15, -0.1) is 0 Å². The molecular weight excluding hydrogens is 398 g/mol. The van der Waals surface area contributed by atoms with Gasteiger partial charge in [-0.25, -0.2) is 0 Å². The summed E-state index contributed by atoms with van der Waals surface area (Å²) in [6.45, 7) is 12.5. The topological polar surface area (TPSA) is 53.6 Å². The van der Waals surface area contributed by atoms with Gasteiger partial charge in [-0.2, -0.15) is 0 Å². The average molecular weight is 446 g/mol. The second-order valence-corrected chi connectivity index (χ2v) is 8.44. The van der Waals surface area contributed by atoms with Crippen molar-refractivity contribution in [1.29, 1.82) is 0 Å². The highest BCUT2D eigenvalue weighted by Gasteiger charge is 2.07. The van der Waals surface area contributed by atoms with Crippen LogP contribution in [0.2, 0.25) is 0 Å². The Kier molecular flexibility index (Phi) is 16.5. The van der Waals surface area contributed by atoms with Gasteiger partial charge >= 0.3 is 0 Å². The highest BCUT2D eigenvalue weighted by molar-refractivity contribution is 6.04. The van der Waals surface area contributed by atoms with Gasteiger partial charge in [0, 0.05) is 37.0 Å². The molecule has 0 aliphatic carbocycles. The average Bonchev–Trinajstić information content (AvgIpc) is 2.81. The zero-order chi connectivity index (χ0) is 23.4. The molecule has 0 radical (unpaired) electrons. The van der Waals surface area contributed by atoms with Gasteiger partial charge in [-0.1, -0.05) is 40.0 Å². The second-order valence-electron chi connectivity index (χ2n) is 8.44. The largest absolute Gasteiger partial charge is 0.494 e. The number of ether oxygens (including phenoxy) is 1. The standard InChI is InChI=1S/C27H47N3O2/c1-5-8-12-25(29-18-17-28-4)23-27(31)24-13-15-26(16-14-24)32-22-11-21-30(19-9-6-2)20-10-7-3/h13-16,23,28-29H,5-12,17-22H2,1-4H3/b25-23+. The van der Waals surface area contributed by atoms with Crippen molar-refractivity contribution in [2.24, 2.45) is 0 Å². The third-order valence-electron chi connectivity index (χ3n) is 5.51. The summed E-state index contributed by atoms with van der Waals surface area (Å²) in [5.74, 6) is 0.875. The lowest BCUT2D eigenvalue weighted by molar-refractivity contribution is 0.104. The Bertz CT molecular complexity index is 620. The van der Waals surface area contributed by atoms with Crippen LogP contribution in [0.5, 0.6) is 5.75 Å². The maximum Gasteiger partial charge on any atom is 0.187 e. The minimum Gasteiger partial charge on any atom is -0.494 e. The van der Waals surface area contributed by atoms with E-state index in [1.165, 1.54) is 38.8 Å². The minimum absolute atomic E-state index is 0.0436. The molecule has 0 saturated heterocycles. The summed E-state index contributed by atoms with van der Waals surface area (Å²) in [5, 5.41) is 6.51. The SMILES string of the molecule is CCCC/C(=C\C(=O)c1ccc(OCCCN(CCCC)CCCC)cc1)NCCNC. The number of benzene rings is 1. The van der Waals surface area contributed by atoms with Crippen LogP contribution in [0.1, 0.15) is 82.5 Å². The van der Waals surface area contributed by atoms with E-state index in [4.69, 9.17) is 4.74 Å². The summed E-state index contributed by atoms with van der Waals surface area (Å²) >= 11 is 0. The third kappa shape index (κ3) is 12.9. The Hall–Kier alpha value is -1.85. The highest BCUT2D eigenvalue weighted by atomic mass is 16.5. The van der Waals surface area contributed by atoms with Crippen LogP contribution in [0, 0.1) is 0 Å². The molecule has 0 aliphatic heterocycles. The molecule has 5 heteroatoms. The molecule has 1 aromatic rings. The molecule has 0 fully saturated rings. The molecule has 0 heterocycles. The smallest absolute Gasteiger partial charge is 0.187 e. The molecule has 0 spiro atoms. The first kappa shape index (κ1) is 28.2. The minimum atomic E-state index is 0.0436. The molecule has 1 rings (SSSR count). The number of rotatable bonds is 20. The Labute approximate surface area is 197 Å². The number of carbonyl (C=O) groups excluding carboxylic acids is 1. The zero-order valence-electron chi connectivity index (χ0n) is 21.0. The number of unbranched alkanes of at least 4 members (excludes halogenated alkanes) is 3. The lowest BCUT2D eigenvalue weighted by Crippen LogP contribution is -2.28. The number of nitrogens with zero attached hydrogens (tertiary/aromatic N) is 1. The van der Waals surface area contributed by atoms with Crippen molar-refractivity contribution in [1.82, 2.24) is 15.5 Å². The number of nitrogens with one attached hydrogen (secondary N) is 2. The van der Waals surface area contributed by atoms with Gasteiger partial charge in [0.1, 0.15) is 5.75 Å². The molecular formula is C27H47N3O2. The molecule has 0 atom stereocenters. The third-order valence-corrected chi connectivity index (χ3v) is 5.51. The summed E-state index contributed by atoms with van der Waals surface area (Å²) in [7, 11) is 1.93. The maximum absolute atomic E-state index is 12.7. The zero-order valence-corrected chi connectivity index (χ0v) is 21.0. The molecule has 0 unspecified atom stereocenters. The van der Waals surface area contributed by atoms with Crippen molar-refractivity contribution in [3.8, 4) is 5.75 Å². The van der Waals surface area contributed by atoms with Gasteiger partial charge in [0.2, 0.25) is 0 Å². The van der Waals surface area contributed by atoms with Gasteiger partial charge < -0.3 is 20.3 Å². The van der Waals surface area contributed by atoms with E-state index in [0.29, 0.717) is 12.2 Å². The van der Waals surface area contributed by atoms with Crippen molar-refractivity contribution >= 4 is 5.78 Å². The van der Waals surface area contributed by atoms with Gasteiger partial charge in [0.15, 0.2) is 5.78 Å². The van der Waals surface area contributed by atoms with E-state index in [9.17, 15) is 4.79 Å². The molecule has 32 heavy (non-hydrogen) atoms. The van der Waals surface area contributed by atoms with E-state index in [0.717, 1.165) is 56.8 Å². The molecule has 0 aliphatic rings. The normalized spacial score (nSPS) is 11.7. The van der Waals surface area contributed by atoms with Crippen LogP contribution >= 0.6 is 0 Å². The Morgan fingerprint density at radius 1 is 0.906 bits per heavy atom. The van der Waals surface area contributed by atoms with E-state index in [1.807, 2.05) is 31.3 Å². The second kappa shape index (κ2) is 18.7. The first-order valence-electron chi connectivity index (χ1n) is 12.7. The summed E-state index contributed by atoms with van der Waals surface area (Å²) in [6, 6.07) is 7.56. The van der Waals surface area contributed by atoms with Crippen molar-refractivity contribution in [2.45, 2.75) is 72.1 Å². The molecule has 182 valence electrons. The fourth-order valence-corrected chi connectivity index (χ4v) is 3.46. The number of hydrogen-bond donors (Lipinski definition) is 2. The molecule has 0 amide bonds. The highest BCUT2D eigenvalue weighted by Crippen LogP contribution is 2.15. The van der Waals surface area contributed by atoms with Gasteiger partial charge in [0.25, 0.3) is 0 Å². The van der Waals surface area contributed by atoms with Crippen molar-refractivity contribution in [3.63, 3.8) is 0 Å². The van der Waals surface area contributed by atoms with Crippen LogP contribution in [-0.4, -0.2) is 57.1 Å². The Morgan fingerprint density at radius 2 is 1.53 bits per heavy atom. The monoisotopic (exact) mass is 445 g/mol. The maximum atomic E-state index is 12.7. The fraction of sp³-hybridized carbons (Fsp3) is 0.667. The molecule has 0 saturated carbocycles. The first-order chi connectivity index (χ1) is 15.6. The van der Waals surface area contributed by atoms with Crippen molar-refractivity contribution < 1.29 is 9.53 Å². The molecule has 0 bridgehead atoms. The molecule has 5 nitrogen and oxygen atoms in total. The Balaban J connectivity index is 2.51. The van der Waals surface area contributed by atoms with Crippen LogP contribution in [0.3, 0.4) is 0 Å². The van der Waals surface area contributed by atoms with E-state index < -0.39 is 0 Å². The van der Waals surface area contributed by atoms with E-state index in [-0.39, 0.29) is 5.78 Å². The molecule has 1 aromatic carbocycles. The molecule has 0 aromatic heterocycles. The number of hydrogen-bond acceptors (Lipinski definition) is 5. The number of allylic oxidation sites excluding steroid dienone is 2. The number of likely N-dealkylation sites (N-methyl/N-ethyl adjacent to an activating group) is 1. The Morgan fingerprint density at radius 3 is 2.12 bits per heavy atom. The lowest BCUT2D eigenvalue weighted by atomic mass is 10.1. The van der Waals surface area contributed by atoms with Crippen LogP contribution in [0.4, 0.5) is 0 Å². The lowest BCUT2D eigenvalue weighted by Gasteiger charge is -2.21. The number of carbonyl (C=O) groups is 1. The quantitative estimate of drug-likeness (QED) is 0.159. The van der Waals surface area contributed by atoms with E-state index in [1.54, 1.807) is 6.08 Å². The summed E-state index contributed by atoms with van der Waals surface area (Å²) in [4.78, 5) is 15.3. The fourth-order valence-electron chi connectivity index (χ4n) is 3.46. The predicted octanol–water partition coefficient (Wildman–Crippen LogP) is 5.42. The van der Waals surface area contributed by atoms with Gasteiger partial charge in [0.05, 0.1) is 6.61 Å². The van der Waals surface area contributed by atoms with Gasteiger partial charge in [-0.05, 0) is 76.5 Å². The van der Waals surface area contributed by atoms with Crippen LogP contribution in [0.25, 0.3) is 0 Å². The predicted molar refractivity (Wildman–Crippen MR) is 137 cm³/mol. The van der Waals surface area contributed by atoms with E-state index >= 15 is 0 Å². The van der Waals surface area contributed by atoms with Crippen molar-refractivity contribution in [2.75, 3.05) is 46.4 Å². The molecule has 2 N–H and O–H groups in total. The van der Waals surface area contributed by atoms with Crippen LogP contribution in [-0.2, 0) is 0 Å². The number of ketones is 1. The summed E-state index contributed by atoms with van der Waals surface area (Å²) in [6.07, 6.45) is 10.9. The van der Waals surface area contributed by atoms with Gasteiger partial charge in [-0.3, -0.25) is 4.79 Å². The van der Waals surface area contributed by atoms with E-state index in [2.05, 4.69) is 36.3 Å². The summed E-state index contributed by atoms with van der Waals surface area (Å²) in [5.41, 5.74) is 1.72. The van der Waals surface area contributed by atoms with Crippen molar-refractivity contribution in [3.05, 3.63) is 41.6 Å². The first-order valence-corrected chi connectivity index (χ1v) is 12.7. The van der Waals surface area contributed by atoms with Crippen LogP contribution < -0.4 is 15.4 Å².